The zero-order chi connectivity index (χ0) is 14.8. The van der Waals surface area contributed by atoms with Crippen LogP contribution in [0, 0.1) is 0 Å². The summed E-state index contributed by atoms with van der Waals surface area (Å²) >= 11 is 7.06. The summed E-state index contributed by atoms with van der Waals surface area (Å²) in [5.74, 6) is 0.262. The second kappa shape index (κ2) is 5.94. The van der Waals surface area contributed by atoms with Gasteiger partial charge in [0.15, 0.2) is 5.16 Å². The number of aromatic amines is 2. The molecule has 8 nitrogen and oxygen atoms in total. The molecule has 1 aliphatic heterocycles. The molecule has 112 valence electrons. The molecule has 2 aromatic rings. The van der Waals surface area contributed by atoms with Crippen molar-refractivity contribution in [2.45, 2.75) is 17.6 Å². The van der Waals surface area contributed by atoms with Crippen LogP contribution in [0.15, 0.2) is 22.3 Å². The number of likely N-dealkylation sites (tertiary alicyclic amines) is 1. The van der Waals surface area contributed by atoms with Gasteiger partial charge in [-0.15, -0.1) is 5.10 Å². The van der Waals surface area contributed by atoms with E-state index in [4.69, 9.17) is 11.6 Å². The predicted octanol–water partition coefficient (Wildman–Crippen LogP) is 0.514. The first-order valence-corrected chi connectivity index (χ1v) is 7.73. The van der Waals surface area contributed by atoms with Gasteiger partial charge >= 0.3 is 5.69 Å². The molecule has 10 heteroatoms. The van der Waals surface area contributed by atoms with Crippen molar-refractivity contribution in [1.82, 2.24) is 29.9 Å². The SMILES string of the molecule is O=C(CSc1n[nH]c(=O)[nH]1)N1CCC(n2cc(Cl)cn2)C1. The topological polar surface area (TPSA) is 99.7 Å². The van der Waals surface area contributed by atoms with E-state index in [9.17, 15) is 9.59 Å². The standard InChI is InChI=1S/C11H13ClN6O2S/c12-7-3-13-18(4-7)8-1-2-17(5-8)9(19)6-21-11-14-10(20)15-16-11/h3-4,8H,1-2,5-6H2,(H2,14,15,16,20). The van der Waals surface area contributed by atoms with Crippen molar-refractivity contribution in [3.63, 3.8) is 0 Å². The molecule has 0 spiro atoms. The van der Waals surface area contributed by atoms with Crippen LogP contribution in [0.2, 0.25) is 5.02 Å². The van der Waals surface area contributed by atoms with E-state index in [-0.39, 0.29) is 23.4 Å². The number of halogens is 1. The lowest BCUT2D eigenvalue weighted by atomic mass is 10.3. The Kier molecular flexibility index (Phi) is 4.02. The average molecular weight is 329 g/mol. The van der Waals surface area contributed by atoms with Gasteiger partial charge in [0.2, 0.25) is 5.91 Å². The van der Waals surface area contributed by atoms with Gasteiger partial charge in [0.1, 0.15) is 0 Å². The minimum Gasteiger partial charge on any atom is -0.340 e. The molecule has 1 atom stereocenters. The van der Waals surface area contributed by atoms with E-state index in [0.717, 1.165) is 6.42 Å². The Hall–Kier alpha value is -1.74. The van der Waals surface area contributed by atoms with Gasteiger partial charge in [-0.25, -0.2) is 9.89 Å². The maximum atomic E-state index is 12.1. The lowest BCUT2D eigenvalue weighted by Gasteiger charge is -2.16. The molecule has 21 heavy (non-hydrogen) atoms. The van der Waals surface area contributed by atoms with E-state index in [1.54, 1.807) is 22.0 Å². The monoisotopic (exact) mass is 328 g/mol. The third kappa shape index (κ3) is 3.30. The van der Waals surface area contributed by atoms with E-state index in [1.165, 1.54) is 11.8 Å². The number of hydrogen-bond acceptors (Lipinski definition) is 5. The number of rotatable bonds is 4. The Morgan fingerprint density at radius 3 is 3.10 bits per heavy atom. The lowest BCUT2D eigenvalue weighted by Crippen LogP contribution is -2.30. The molecular formula is C11H13ClN6O2S. The summed E-state index contributed by atoms with van der Waals surface area (Å²) in [7, 11) is 0. The average Bonchev–Trinajstić information content (AvgIpc) is 3.16. The number of carbonyl (C=O) groups excluding carboxylic acids is 1. The smallest absolute Gasteiger partial charge is 0.340 e. The van der Waals surface area contributed by atoms with Gasteiger partial charge < -0.3 is 4.90 Å². The zero-order valence-electron chi connectivity index (χ0n) is 11.0. The maximum absolute atomic E-state index is 12.1. The van der Waals surface area contributed by atoms with E-state index < -0.39 is 0 Å². The molecule has 0 aliphatic carbocycles. The summed E-state index contributed by atoms with van der Waals surface area (Å²) in [5.41, 5.74) is -0.373. The van der Waals surface area contributed by atoms with Crippen molar-refractivity contribution < 1.29 is 4.79 Å². The Morgan fingerprint density at radius 1 is 1.57 bits per heavy atom. The minimum absolute atomic E-state index is 0.0182. The molecule has 1 amide bonds. The van der Waals surface area contributed by atoms with Crippen molar-refractivity contribution in [2.24, 2.45) is 0 Å². The van der Waals surface area contributed by atoms with E-state index in [2.05, 4.69) is 20.3 Å². The molecule has 1 fully saturated rings. The molecule has 2 N–H and O–H groups in total. The van der Waals surface area contributed by atoms with Gasteiger partial charge in [-0.05, 0) is 6.42 Å². The first kappa shape index (κ1) is 14.2. The molecule has 0 aromatic carbocycles. The highest BCUT2D eigenvalue weighted by atomic mass is 35.5. The van der Waals surface area contributed by atoms with Crippen LogP contribution in [0.3, 0.4) is 0 Å². The van der Waals surface area contributed by atoms with Crippen molar-refractivity contribution in [3.05, 3.63) is 27.9 Å². The zero-order valence-corrected chi connectivity index (χ0v) is 12.5. The van der Waals surface area contributed by atoms with Crippen LogP contribution in [0.25, 0.3) is 0 Å². The van der Waals surface area contributed by atoms with Gasteiger partial charge in [0.05, 0.1) is 23.0 Å². The number of amides is 1. The molecular weight excluding hydrogens is 316 g/mol. The Balaban J connectivity index is 1.53. The second-order valence-electron chi connectivity index (χ2n) is 4.69. The first-order valence-electron chi connectivity index (χ1n) is 6.37. The van der Waals surface area contributed by atoms with E-state index in [1.807, 2.05) is 0 Å². The van der Waals surface area contributed by atoms with Crippen LogP contribution < -0.4 is 5.69 Å². The molecule has 1 aliphatic rings. The number of hydrogen-bond donors (Lipinski definition) is 2. The van der Waals surface area contributed by atoms with Crippen LogP contribution in [-0.2, 0) is 4.79 Å². The first-order chi connectivity index (χ1) is 10.1. The van der Waals surface area contributed by atoms with Crippen LogP contribution in [0.4, 0.5) is 0 Å². The third-order valence-electron chi connectivity index (χ3n) is 3.27. The third-order valence-corrected chi connectivity index (χ3v) is 4.33. The number of thioether (sulfide) groups is 1. The van der Waals surface area contributed by atoms with Crippen molar-refractivity contribution in [3.8, 4) is 0 Å². The highest BCUT2D eigenvalue weighted by molar-refractivity contribution is 7.99. The van der Waals surface area contributed by atoms with Gasteiger partial charge in [-0.3, -0.25) is 14.5 Å². The van der Waals surface area contributed by atoms with E-state index >= 15 is 0 Å². The van der Waals surface area contributed by atoms with Crippen LogP contribution in [0.5, 0.6) is 0 Å². The molecule has 0 radical (unpaired) electrons. The quantitative estimate of drug-likeness (QED) is 0.797. The van der Waals surface area contributed by atoms with Crippen molar-refractivity contribution >= 4 is 29.3 Å². The van der Waals surface area contributed by atoms with E-state index in [0.29, 0.717) is 23.3 Å². The Labute approximate surface area is 128 Å². The molecule has 1 unspecified atom stereocenters. The largest absolute Gasteiger partial charge is 0.341 e. The summed E-state index contributed by atoms with van der Waals surface area (Å²) in [6, 6.07) is 0.164. The second-order valence-corrected chi connectivity index (χ2v) is 6.09. The molecule has 3 heterocycles. The minimum atomic E-state index is -0.373. The maximum Gasteiger partial charge on any atom is 0.341 e. The summed E-state index contributed by atoms with van der Waals surface area (Å²) in [6.07, 6.45) is 4.22. The number of H-pyrrole nitrogens is 2. The fourth-order valence-corrected chi connectivity index (χ4v) is 3.10. The summed E-state index contributed by atoms with van der Waals surface area (Å²) in [6.45, 7) is 1.31. The fourth-order valence-electron chi connectivity index (χ4n) is 2.24. The molecule has 3 rings (SSSR count). The summed E-state index contributed by atoms with van der Waals surface area (Å²) < 4.78 is 1.80. The van der Waals surface area contributed by atoms with Crippen molar-refractivity contribution in [1.29, 1.82) is 0 Å². The molecule has 0 bridgehead atoms. The lowest BCUT2D eigenvalue weighted by molar-refractivity contribution is -0.127. The molecule has 1 saturated heterocycles. The highest BCUT2D eigenvalue weighted by Crippen LogP contribution is 2.23. The van der Waals surface area contributed by atoms with Crippen molar-refractivity contribution in [2.75, 3.05) is 18.8 Å². The van der Waals surface area contributed by atoms with Gasteiger partial charge in [-0.2, -0.15) is 5.10 Å². The van der Waals surface area contributed by atoms with Gasteiger partial charge in [0, 0.05) is 19.3 Å². The van der Waals surface area contributed by atoms with Gasteiger partial charge in [-0.1, -0.05) is 23.4 Å². The number of aromatic nitrogens is 5. The number of nitrogens with one attached hydrogen (secondary N) is 2. The van der Waals surface area contributed by atoms with Crippen LogP contribution in [0.1, 0.15) is 12.5 Å². The van der Waals surface area contributed by atoms with Gasteiger partial charge in [0.25, 0.3) is 0 Å². The van der Waals surface area contributed by atoms with Crippen LogP contribution in [-0.4, -0.2) is 54.6 Å². The molecule has 0 saturated carbocycles. The fraction of sp³-hybridized carbons (Fsp3) is 0.455. The Bertz CT molecular complexity index is 695. The number of nitrogens with zero attached hydrogens (tertiary/aromatic N) is 4. The predicted molar refractivity (Wildman–Crippen MR) is 77.4 cm³/mol. The molecule has 2 aromatic heterocycles. The highest BCUT2D eigenvalue weighted by Gasteiger charge is 2.27. The number of carbonyl (C=O) groups is 1. The van der Waals surface area contributed by atoms with Crippen LogP contribution >= 0.6 is 23.4 Å². The summed E-state index contributed by atoms with van der Waals surface area (Å²) in [4.78, 5) is 27.3. The summed E-state index contributed by atoms with van der Waals surface area (Å²) in [5, 5.41) is 11.2. The normalized spacial score (nSPS) is 18.3. The Morgan fingerprint density at radius 2 is 2.43 bits per heavy atom.